The highest BCUT2D eigenvalue weighted by Crippen LogP contribution is 2.48. The van der Waals surface area contributed by atoms with E-state index >= 15 is 0 Å². The van der Waals surface area contributed by atoms with Crippen LogP contribution in [0.3, 0.4) is 0 Å². The van der Waals surface area contributed by atoms with Crippen LogP contribution in [0.5, 0.6) is 0 Å². The number of unbranched alkanes of at least 4 members (excludes halogenated alkanes) is 13. The smallest absolute Gasteiger partial charge is 0.478 e. The molecule has 0 bridgehead atoms. The number of fused-ring (bicyclic) bond motifs is 1. The Kier molecular flexibility index (Phi) is 27.5. The third-order valence-corrected chi connectivity index (χ3v) is 9.43. The second-order valence-electron chi connectivity index (χ2n) is 13.3. The summed E-state index contributed by atoms with van der Waals surface area (Å²) in [6, 6.07) is 0. The first-order valence-electron chi connectivity index (χ1n) is 19.3. The number of nitrogens with zero attached hydrogens (tertiary/aromatic N) is 4. The molecule has 0 saturated carbocycles. The number of nitrogens with two attached hydrogens (primary N) is 1. The van der Waals surface area contributed by atoms with E-state index in [-0.39, 0.29) is 24.9 Å². The van der Waals surface area contributed by atoms with Gasteiger partial charge in [0.15, 0.2) is 11.5 Å². The Morgan fingerprint density at radius 1 is 0.800 bits per heavy atom. The van der Waals surface area contributed by atoms with Gasteiger partial charge in [-0.1, -0.05) is 90.4 Å². The number of imidazole rings is 1. The van der Waals surface area contributed by atoms with Crippen LogP contribution in [0.4, 0.5) is 10.6 Å². The van der Waals surface area contributed by atoms with Gasteiger partial charge in [-0.3, -0.25) is 9.09 Å². The summed E-state index contributed by atoms with van der Waals surface area (Å²) in [5, 5.41) is 15.6. The number of rotatable bonds is 31. The lowest BCUT2D eigenvalue weighted by Crippen LogP contribution is -2.19. The minimum Gasteiger partial charge on any atom is -0.478 e. The number of hydrogen-bond donors (Lipinski definition) is 3. The molecule has 4 N–H and O–H groups in total. The molecule has 314 valence electrons. The summed E-state index contributed by atoms with van der Waals surface area (Å²) in [5.41, 5.74) is 6.93. The molecule has 2 aromatic heterocycles. The second kappa shape index (κ2) is 30.6. The number of carboxylic acids is 2. The quantitative estimate of drug-likeness (QED) is 0.0215. The van der Waals surface area contributed by atoms with E-state index in [0.717, 1.165) is 6.42 Å². The van der Waals surface area contributed by atoms with E-state index in [1.165, 1.54) is 89.8 Å². The van der Waals surface area contributed by atoms with Crippen LogP contribution >= 0.6 is 7.60 Å². The van der Waals surface area contributed by atoms with Crippen molar-refractivity contribution in [2.45, 2.75) is 143 Å². The largest absolute Gasteiger partial charge is 0.510 e. The normalized spacial score (nSPS) is 13.0. The van der Waals surface area contributed by atoms with Crippen LogP contribution < -0.4 is 5.73 Å². The van der Waals surface area contributed by atoms with Crippen molar-refractivity contribution in [2.24, 2.45) is 0 Å². The first kappa shape index (κ1) is 49.4. The van der Waals surface area contributed by atoms with Crippen LogP contribution in [0.2, 0.25) is 0 Å². The van der Waals surface area contributed by atoms with Crippen molar-refractivity contribution in [3.63, 3.8) is 0 Å². The van der Waals surface area contributed by atoms with E-state index in [4.69, 9.17) is 43.9 Å². The number of anilines is 1. The third-order valence-electron chi connectivity index (χ3n) is 7.89. The summed E-state index contributed by atoms with van der Waals surface area (Å²) < 4.78 is 47.6. The average Bonchev–Trinajstić information content (AvgIpc) is 3.54. The molecule has 2 rings (SSSR count). The predicted octanol–water partition coefficient (Wildman–Crippen LogP) is 8.12. The summed E-state index contributed by atoms with van der Waals surface area (Å²) in [6.07, 6.45) is 21.0. The summed E-state index contributed by atoms with van der Waals surface area (Å²) in [7, 11) is -3.78. The monoisotopic (exact) mass is 801 g/mol. The van der Waals surface area contributed by atoms with Gasteiger partial charge in [0.2, 0.25) is 6.79 Å². The Labute approximate surface area is 325 Å². The molecule has 18 heteroatoms. The fourth-order valence-electron chi connectivity index (χ4n) is 5.08. The first-order chi connectivity index (χ1) is 26.4. The first-order valence-corrected chi connectivity index (χ1v) is 21.1. The van der Waals surface area contributed by atoms with Gasteiger partial charge in [0.1, 0.15) is 18.2 Å². The van der Waals surface area contributed by atoms with E-state index < -0.39 is 38.6 Å². The number of carboxylic acid groups (broad SMARTS) is 2. The van der Waals surface area contributed by atoms with Crippen molar-refractivity contribution < 1.29 is 57.2 Å². The van der Waals surface area contributed by atoms with Crippen LogP contribution in [0.1, 0.15) is 124 Å². The molecule has 0 aliphatic carbocycles. The minimum absolute atomic E-state index is 0.132. The second-order valence-corrected chi connectivity index (χ2v) is 15.3. The number of ether oxygens (including phenoxy) is 4. The number of carbonyl (C=O) groups excluding carboxylic acids is 1. The van der Waals surface area contributed by atoms with Crippen LogP contribution in [0.15, 0.2) is 24.8 Å². The van der Waals surface area contributed by atoms with Crippen molar-refractivity contribution in [1.82, 2.24) is 19.5 Å². The predicted molar refractivity (Wildman–Crippen MR) is 208 cm³/mol. The lowest BCUT2D eigenvalue weighted by molar-refractivity contribution is -0.134. The molecule has 0 aromatic carbocycles. The molecule has 0 amide bonds. The Hall–Kier alpha value is -3.63. The van der Waals surface area contributed by atoms with Gasteiger partial charge in [0.25, 0.3) is 0 Å². The Bertz CT molecular complexity index is 1410. The minimum atomic E-state index is -3.78. The van der Waals surface area contributed by atoms with E-state index in [1.54, 1.807) is 24.7 Å². The molecule has 2 heterocycles. The van der Waals surface area contributed by atoms with E-state index in [1.807, 2.05) is 6.92 Å². The molecule has 55 heavy (non-hydrogen) atoms. The number of aliphatic carboxylic acids is 2. The van der Waals surface area contributed by atoms with Gasteiger partial charge in [0, 0.05) is 25.4 Å². The van der Waals surface area contributed by atoms with Crippen molar-refractivity contribution in [1.29, 1.82) is 0 Å². The highest BCUT2D eigenvalue weighted by Gasteiger charge is 2.28. The molecule has 0 radical (unpaired) electrons. The molecule has 0 aliphatic rings. The van der Waals surface area contributed by atoms with Crippen LogP contribution in [0.25, 0.3) is 11.2 Å². The molecular formula is C37H64N5O12P. The van der Waals surface area contributed by atoms with E-state index in [2.05, 4.69) is 21.9 Å². The third kappa shape index (κ3) is 26.0. The summed E-state index contributed by atoms with van der Waals surface area (Å²) in [6.45, 7) is 8.52. The van der Waals surface area contributed by atoms with Crippen molar-refractivity contribution >= 4 is 42.7 Å². The highest BCUT2D eigenvalue weighted by molar-refractivity contribution is 7.53. The van der Waals surface area contributed by atoms with E-state index in [9.17, 15) is 18.9 Å². The molecular weight excluding hydrogens is 737 g/mol. The molecule has 0 aliphatic heterocycles. The van der Waals surface area contributed by atoms with Gasteiger partial charge in [-0.15, -0.1) is 0 Å². The highest BCUT2D eigenvalue weighted by atomic mass is 31.2. The van der Waals surface area contributed by atoms with Gasteiger partial charge in [-0.05, 0) is 33.6 Å². The summed E-state index contributed by atoms with van der Waals surface area (Å²) in [4.78, 5) is 43.3. The molecule has 0 fully saturated rings. The Morgan fingerprint density at radius 2 is 1.36 bits per heavy atom. The number of carbonyl (C=O) groups is 3. The van der Waals surface area contributed by atoms with Gasteiger partial charge in [-0.2, -0.15) is 0 Å². The summed E-state index contributed by atoms with van der Waals surface area (Å²) in [5.74, 6) is -2.23. The van der Waals surface area contributed by atoms with E-state index in [0.29, 0.717) is 49.5 Å². The standard InChI is InChI=1S/C33H60N5O8P.C4H4O4/c1-5-6-7-8-9-10-11-12-13-14-15-16-17-18-20-41-21-19-22-44-47(40,45-26-42-33(39)46-28(2)3)27-43-29(4)23-38-25-37-30-31(34)35-24-36-32(30)38;5-3(6)1-2-4(7)8/h24-25,28-29H,5-23,26-27H2,1-4H3,(H2,34,35,36);1-2H,(H,5,6)(H,7,8)/b;2-1+/t29-,47?;/m1./s1. The van der Waals surface area contributed by atoms with Gasteiger partial charge in [0.05, 0.1) is 31.7 Å². The molecule has 2 aromatic rings. The summed E-state index contributed by atoms with van der Waals surface area (Å²) >= 11 is 0. The fraction of sp³-hybridized carbons (Fsp3) is 0.730. The topological polar surface area (TPSA) is 234 Å². The number of aromatic nitrogens is 4. The molecule has 0 saturated heterocycles. The maximum atomic E-state index is 13.5. The number of nitrogen functional groups attached to an aromatic ring is 1. The Balaban J connectivity index is 0.00000169. The number of hydrogen-bond acceptors (Lipinski definition) is 14. The zero-order valence-electron chi connectivity index (χ0n) is 33.1. The zero-order chi connectivity index (χ0) is 40.7. The Morgan fingerprint density at radius 3 is 1.93 bits per heavy atom. The van der Waals surface area contributed by atoms with Crippen molar-refractivity contribution in [3.8, 4) is 0 Å². The van der Waals surface area contributed by atoms with Crippen molar-refractivity contribution in [3.05, 3.63) is 24.8 Å². The molecule has 2 atom stereocenters. The van der Waals surface area contributed by atoms with Gasteiger partial charge >= 0.3 is 25.7 Å². The molecule has 1 unspecified atom stereocenters. The molecule has 0 spiro atoms. The van der Waals surface area contributed by atoms with Crippen molar-refractivity contribution in [2.75, 3.05) is 38.7 Å². The van der Waals surface area contributed by atoms with Gasteiger partial charge in [-0.25, -0.2) is 29.3 Å². The van der Waals surface area contributed by atoms with Crippen LogP contribution in [-0.2, 0) is 48.7 Å². The average molecular weight is 802 g/mol. The lowest BCUT2D eigenvalue weighted by Gasteiger charge is -2.21. The maximum Gasteiger partial charge on any atom is 0.510 e. The fourth-order valence-corrected chi connectivity index (χ4v) is 6.36. The SMILES string of the molecule is CCCCCCCCCCCCCCCCOCCCOP(=O)(CO[C@H](C)Cn1cnc2c(N)ncnc21)OCOC(=O)OC(C)C.O=C(O)/C=C/C(=O)O. The van der Waals surface area contributed by atoms with Crippen LogP contribution in [0, 0.1) is 0 Å². The molecule has 17 nitrogen and oxygen atoms in total. The maximum absolute atomic E-state index is 13.5. The van der Waals surface area contributed by atoms with Gasteiger partial charge < -0.3 is 44.0 Å². The zero-order valence-corrected chi connectivity index (χ0v) is 34.0. The van der Waals surface area contributed by atoms with Crippen LogP contribution in [-0.4, -0.2) is 93.0 Å². The lowest BCUT2D eigenvalue weighted by atomic mass is 10.0.